The zero-order chi connectivity index (χ0) is 12.5. The van der Waals surface area contributed by atoms with E-state index in [4.69, 9.17) is 20.3 Å². The molecule has 0 aliphatic rings. The zero-order valence-corrected chi connectivity index (χ0v) is 9.72. The Morgan fingerprint density at radius 1 is 1.29 bits per heavy atom. The molecule has 17 heavy (non-hydrogen) atoms. The molecule has 0 bridgehead atoms. The number of nitrogen functional groups attached to an aromatic ring is 1. The van der Waals surface area contributed by atoms with E-state index in [9.17, 15) is 0 Å². The van der Waals surface area contributed by atoms with Crippen LogP contribution in [0.25, 0.3) is 0 Å². The summed E-state index contributed by atoms with van der Waals surface area (Å²) in [6.07, 6.45) is 0.772. The Morgan fingerprint density at radius 2 is 2.12 bits per heavy atom. The lowest BCUT2D eigenvalue weighted by Crippen LogP contribution is -2.11. The van der Waals surface area contributed by atoms with Gasteiger partial charge in [0.15, 0.2) is 0 Å². The van der Waals surface area contributed by atoms with Crippen molar-refractivity contribution in [2.75, 3.05) is 44.5 Å². The highest BCUT2D eigenvalue weighted by Crippen LogP contribution is 2.07. The molecule has 0 saturated heterocycles. The van der Waals surface area contributed by atoms with Gasteiger partial charge in [-0.05, 0) is 6.42 Å². The standard InChI is InChI=1S/C9H17N5O3/c1-16-9-13-7(10)12-8(14-9)11-3-2-5-17-6-4-15/h15H,2-6H2,1H3,(H3,10,11,12,13,14). The third kappa shape index (κ3) is 5.27. The molecule has 0 aromatic carbocycles. The molecule has 0 unspecified atom stereocenters. The highest BCUT2D eigenvalue weighted by atomic mass is 16.5. The van der Waals surface area contributed by atoms with Crippen molar-refractivity contribution in [3.05, 3.63) is 0 Å². The zero-order valence-electron chi connectivity index (χ0n) is 9.72. The molecule has 0 amide bonds. The van der Waals surface area contributed by atoms with Gasteiger partial charge in [-0.15, -0.1) is 0 Å². The maximum atomic E-state index is 8.49. The van der Waals surface area contributed by atoms with E-state index >= 15 is 0 Å². The first-order valence-electron chi connectivity index (χ1n) is 5.24. The molecule has 0 aliphatic heterocycles. The highest BCUT2D eigenvalue weighted by molar-refractivity contribution is 5.32. The molecule has 8 heteroatoms. The van der Waals surface area contributed by atoms with Crippen LogP contribution in [0.2, 0.25) is 0 Å². The summed E-state index contributed by atoms with van der Waals surface area (Å²) >= 11 is 0. The molecule has 96 valence electrons. The van der Waals surface area contributed by atoms with Gasteiger partial charge >= 0.3 is 6.01 Å². The molecule has 0 saturated carbocycles. The van der Waals surface area contributed by atoms with Gasteiger partial charge in [-0.2, -0.15) is 15.0 Å². The van der Waals surface area contributed by atoms with E-state index in [-0.39, 0.29) is 18.6 Å². The van der Waals surface area contributed by atoms with Gasteiger partial charge in [-0.3, -0.25) is 0 Å². The smallest absolute Gasteiger partial charge is 0.322 e. The predicted molar refractivity (Wildman–Crippen MR) is 61.8 cm³/mol. The van der Waals surface area contributed by atoms with Crippen molar-refractivity contribution < 1.29 is 14.6 Å². The molecule has 1 aromatic rings. The van der Waals surface area contributed by atoms with Gasteiger partial charge in [0.05, 0.1) is 20.3 Å². The average Bonchev–Trinajstić information content (AvgIpc) is 2.33. The van der Waals surface area contributed by atoms with Crippen molar-refractivity contribution in [3.63, 3.8) is 0 Å². The number of nitrogens with one attached hydrogen (secondary N) is 1. The van der Waals surface area contributed by atoms with Gasteiger partial charge in [-0.1, -0.05) is 0 Å². The van der Waals surface area contributed by atoms with Crippen LogP contribution in [0, 0.1) is 0 Å². The summed E-state index contributed by atoms with van der Waals surface area (Å²) in [4.78, 5) is 11.6. The van der Waals surface area contributed by atoms with Crippen molar-refractivity contribution in [2.45, 2.75) is 6.42 Å². The molecule has 0 spiro atoms. The summed E-state index contributed by atoms with van der Waals surface area (Å²) in [5.41, 5.74) is 5.47. The van der Waals surface area contributed by atoms with Crippen molar-refractivity contribution in [1.29, 1.82) is 0 Å². The number of hydrogen-bond acceptors (Lipinski definition) is 8. The fourth-order valence-corrected chi connectivity index (χ4v) is 1.08. The molecule has 4 N–H and O–H groups in total. The van der Waals surface area contributed by atoms with Gasteiger partial charge in [0.1, 0.15) is 0 Å². The highest BCUT2D eigenvalue weighted by Gasteiger charge is 2.03. The number of rotatable bonds is 8. The number of aliphatic hydroxyl groups is 1. The molecule has 1 heterocycles. The molecule has 1 rings (SSSR count). The van der Waals surface area contributed by atoms with Crippen LogP contribution in [0.15, 0.2) is 0 Å². The Morgan fingerprint density at radius 3 is 2.82 bits per heavy atom. The lowest BCUT2D eigenvalue weighted by Gasteiger charge is -2.06. The summed E-state index contributed by atoms with van der Waals surface area (Å²) < 4.78 is 9.96. The number of methoxy groups -OCH3 is 1. The number of anilines is 2. The second-order valence-corrected chi connectivity index (χ2v) is 3.12. The summed E-state index contributed by atoms with van der Waals surface area (Å²) in [5.74, 6) is 0.479. The summed E-state index contributed by atoms with van der Waals surface area (Å²) in [5, 5.41) is 11.5. The molecule has 0 radical (unpaired) electrons. The lowest BCUT2D eigenvalue weighted by molar-refractivity contribution is 0.0921. The maximum absolute atomic E-state index is 8.49. The molecule has 0 aliphatic carbocycles. The first-order chi connectivity index (χ1) is 8.26. The number of nitrogens with two attached hydrogens (primary N) is 1. The van der Waals surface area contributed by atoms with E-state index in [1.165, 1.54) is 7.11 Å². The summed E-state index contributed by atoms with van der Waals surface area (Å²) in [6.45, 7) is 1.59. The van der Waals surface area contributed by atoms with Crippen LogP contribution in [-0.2, 0) is 4.74 Å². The Balaban J connectivity index is 2.28. The summed E-state index contributed by atoms with van der Waals surface area (Å²) in [7, 11) is 1.46. The van der Waals surface area contributed by atoms with Gasteiger partial charge in [-0.25, -0.2) is 0 Å². The average molecular weight is 243 g/mol. The third-order valence-corrected chi connectivity index (χ3v) is 1.80. The molecular formula is C9H17N5O3. The van der Waals surface area contributed by atoms with E-state index in [2.05, 4.69) is 20.3 Å². The molecule has 0 atom stereocenters. The van der Waals surface area contributed by atoms with Gasteiger partial charge in [0.25, 0.3) is 0 Å². The number of nitrogens with zero attached hydrogens (tertiary/aromatic N) is 3. The monoisotopic (exact) mass is 243 g/mol. The molecular weight excluding hydrogens is 226 g/mol. The quantitative estimate of drug-likeness (QED) is 0.512. The van der Waals surface area contributed by atoms with Crippen LogP contribution in [0.1, 0.15) is 6.42 Å². The topological polar surface area (TPSA) is 115 Å². The van der Waals surface area contributed by atoms with Gasteiger partial charge in [0, 0.05) is 13.2 Å². The van der Waals surface area contributed by atoms with Crippen LogP contribution in [-0.4, -0.2) is 53.5 Å². The number of aliphatic hydroxyl groups excluding tert-OH is 1. The predicted octanol–water partition coefficient (Wildman–Crippen LogP) is -0.727. The molecule has 8 nitrogen and oxygen atoms in total. The van der Waals surface area contributed by atoms with Crippen LogP contribution in [0.4, 0.5) is 11.9 Å². The normalized spacial score (nSPS) is 10.2. The fourth-order valence-electron chi connectivity index (χ4n) is 1.08. The van der Waals surface area contributed by atoms with Crippen molar-refractivity contribution in [3.8, 4) is 6.01 Å². The lowest BCUT2D eigenvalue weighted by atomic mass is 10.4. The SMILES string of the molecule is COc1nc(N)nc(NCCCOCCO)n1. The van der Waals surface area contributed by atoms with Crippen molar-refractivity contribution >= 4 is 11.9 Å². The van der Waals surface area contributed by atoms with Crippen LogP contribution in [0.5, 0.6) is 6.01 Å². The minimum atomic E-state index is 0.0363. The van der Waals surface area contributed by atoms with E-state index in [1.807, 2.05) is 0 Å². The number of hydrogen-bond donors (Lipinski definition) is 3. The fraction of sp³-hybridized carbons (Fsp3) is 0.667. The van der Waals surface area contributed by atoms with Crippen LogP contribution in [0.3, 0.4) is 0 Å². The Kier molecular flexibility index (Phi) is 5.97. The minimum absolute atomic E-state index is 0.0363. The van der Waals surface area contributed by atoms with E-state index in [0.29, 0.717) is 25.7 Å². The Hall–Kier alpha value is -1.67. The van der Waals surface area contributed by atoms with Crippen molar-refractivity contribution in [2.24, 2.45) is 0 Å². The number of aromatic nitrogens is 3. The third-order valence-electron chi connectivity index (χ3n) is 1.80. The van der Waals surface area contributed by atoms with Gasteiger partial charge < -0.3 is 25.6 Å². The first-order valence-corrected chi connectivity index (χ1v) is 5.24. The molecule has 1 aromatic heterocycles. The minimum Gasteiger partial charge on any atom is -0.467 e. The van der Waals surface area contributed by atoms with Crippen molar-refractivity contribution in [1.82, 2.24) is 15.0 Å². The van der Waals surface area contributed by atoms with Gasteiger partial charge in [0.2, 0.25) is 11.9 Å². The second kappa shape index (κ2) is 7.58. The Labute approximate surface area is 99.2 Å². The summed E-state index contributed by atoms with van der Waals surface area (Å²) in [6, 6.07) is 0.177. The largest absolute Gasteiger partial charge is 0.467 e. The maximum Gasteiger partial charge on any atom is 0.322 e. The second-order valence-electron chi connectivity index (χ2n) is 3.12. The van der Waals surface area contributed by atoms with E-state index < -0.39 is 0 Å². The van der Waals surface area contributed by atoms with Crippen LogP contribution < -0.4 is 15.8 Å². The molecule has 0 fully saturated rings. The Bertz CT molecular complexity index is 336. The first kappa shape index (κ1) is 13.4. The van der Waals surface area contributed by atoms with Crippen LogP contribution >= 0.6 is 0 Å². The van der Waals surface area contributed by atoms with E-state index in [0.717, 1.165) is 6.42 Å². The number of ether oxygens (including phenoxy) is 2. The van der Waals surface area contributed by atoms with E-state index in [1.54, 1.807) is 0 Å².